The van der Waals surface area contributed by atoms with Gasteiger partial charge in [-0.2, -0.15) is 0 Å². The van der Waals surface area contributed by atoms with Crippen LogP contribution in [0.4, 0.5) is 5.69 Å². The third-order valence-corrected chi connectivity index (χ3v) is 3.63. The first-order chi connectivity index (χ1) is 9.90. The van der Waals surface area contributed by atoms with Crippen molar-refractivity contribution in [3.05, 3.63) is 71.8 Å². The van der Waals surface area contributed by atoms with Crippen LogP contribution in [0.15, 0.2) is 59.9 Å². The number of H-pyrrole nitrogens is 1. The fourth-order valence-corrected chi connectivity index (χ4v) is 2.70. The number of aliphatic imine (C=N–C) groups is 1. The molecule has 0 radical (unpaired) electrons. The first-order valence-electron chi connectivity index (χ1n) is 6.65. The first-order valence-corrected chi connectivity index (χ1v) is 6.65. The summed E-state index contributed by atoms with van der Waals surface area (Å²) in [5, 5.41) is 0. The molecule has 2 aromatic carbocycles. The lowest BCUT2D eigenvalue weighted by molar-refractivity contribution is 1.25. The average Bonchev–Trinajstić information content (AvgIpc) is 3.12. The van der Waals surface area contributed by atoms with E-state index in [9.17, 15) is 0 Å². The summed E-state index contributed by atoms with van der Waals surface area (Å²) in [6.07, 6.45) is 6.26. The minimum absolute atomic E-state index is 0.772. The normalized spacial score (nSPS) is 12.6. The van der Waals surface area contributed by atoms with Crippen molar-refractivity contribution in [2.24, 2.45) is 4.99 Å². The SMILES string of the molecule is C(=Nc1ccc2c(c1)Cc1ccccc1-2)c1ncc[nH]1. The Balaban J connectivity index is 1.69. The Kier molecular flexibility index (Phi) is 2.49. The molecule has 1 heterocycles. The quantitative estimate of drug-likeness (QED) is 0.547. The van der Waals surface area contributed by atoms with E-state index >= 15 is 0 Å². The molecule has 0 saturated carbocycles. The Labute approximate surface area is 117 Å². The number of aromatic nitrogens is 2. The largest absolute Gasteiger partial charge is 0.344 e. The molecule has 3 nitrogen and oxygen atoms in total. The van der Waals surface area contributed by atoms with E-state index in [0.717, 1.165) is 17.9 Å². The molecule has 1 N–H and O–H groups in total. The van der Waals surface area contributed by atoms with E-state index in [1.54, 1.807) is 18.6 Å². The zero-order valence-electron chi connectivity index (χ0n) is 10.9. The second kappa shape index (κ2) is 4.46. The van der Waals surface area contributed by atoms with E-state index in [1.165, 1.54) is 22.3 Å². The molecule has 20 heavy (non-hydrogen) atoms. The van der Waals surface area contributed by atoms with Crippen LogP contribution in [-0.2, 0) is 6.42 Å². The van der Waals surface area contributed by atoms with Gasteiger partial charge in [0.2, 0.25) is 0 Å². The number of nitrogens with zero attached hydrogens (tertiary/aromatic N) is 2. The molecule has 0 atom stereocenters. The maximum Gasteiger partial charge on any atom is 0.148 e. The van der Waals surface area contributed by atoms with Gasteiger partial charge in [0.1, 0.15) is 5.82 Å². The van der Waals surface area contributed by atoms with Gasteiger partial charge in [-0.15, -0.1) is 0 Å². The summed E-state index contributed by atoms with van der Waals surface area (Å²) in [6, 6.07) is 15.0. The summed E-state index contributed by atoms with van der Waals surface area (Å²) < 4.78 is 0. The number of hydrogen-bond acceptors (Lipinski definition) is 2. The zero-order chi connectivity index (χ0) is 13.4. The summed E-state index contributed by atoms with van der Waals surface area (Å²) in [7, 11) is 0. The Morgan fingerprint density at radius 2 is 1.95 bits per heavy atom. The number of benzene rings is 2. The van der Waals surface area contributed by atoms with Crippen LogP contribution in [0, 0.1) is 0 Å². The smallest absolute Gasteiger partial charge is 0.148 e. The van der Waals surface area contributed by atoms with Gasteiger partial charge in [-0.1, -0.05) is 30.3 Å². The Bertz CT molecular complexity index is 786. The third-order valence-electron chi connectivity index (χ3n) is 3.63. The maximum absolute atomic E-state index is 4.47. The molecule has 96 valence electrons. The molecule has 0 saturated heterocycles. The van der Waals surface area contributed by atoms with Gasteiger partial charge in [-0.3, -0.25) is 4.99 Å². The molecule has 1 aliphatic rings. The minimum atomic E-state index is 0.772. The van der Waals surface area contributed by atoms with Crippen LogP contribution in [-0.4, -0.2) is 16.2 Å². The highest BCUT2D eigenvalue weighted by Gasteiger charge is 2.17. The van der Waals surface area contributed by atoms with Gasteiger partial charge in [0.15, 0.2) is 0 Å². The summed E-state index contributed by atoms with van der Waals surface area (Å²) in [6.45, 7) is 0. The number of aromatic amines is 1. The van der Waals surface area contributed by atoms with Crippen molar-refractivity contribution < 1.29 is 0 Å². The van der Waals surface area contributed by atoms with Gasteiger partial charge in [-0.25, -0.2) is 4.98 Å². The van der Waals surface area contributed by atoms with Gasteiger partial charge in [0.25, 0.3) is 0 Å². The number of rotatable bonds is 2. The fourth-order valence-electron chi connectivity index (χ4n) is 2.70. The number of imidazole rings is 1. The van der Waals surface area contributed by atoms with Gasteiger partial charge in [0, 0.05) is 12.4 Å². The molecule has 0 unspecified atom stereocenters. The minimum Gasteiger partial charge on any atom is -0.344 e. The van der Waals surface area contributed by atoms with Crippen molar-refractivity contribution in [1.29, 1.82) is 0 Å². The van der Waals surface area contributed by atoms with Crippen LogP contribution in [0.25, 0.3) is 11.1 Å². The van der Waals surface area contributed by atoms with E-state index in [0.29, 0.717) is 0 Å². The topological polar surface area (TPSA) is 41.0 Å². The van der Waals surface area contributed by atoms with E-state index < -0.39 is 0 Å². The molecule has 1 aromatic heterocycles. The Morgan fingerprint density at radius 3 is 2.85 bits per heavy atom. The van der Waals surface area contributed by atoms with Crippen LogP contribution in [0.2, 0.25) is 0 Å². The number of hydrogen-bond donors (Lipinski definition) is 1. The molecule has 0 spiro atoms. The first kappa shape index (κ1) is 11.2. The van der Waals surface area contributed by atoms with Crippen LogP contribution in [0.5, 0.6) is 0 Å². The standard InChI is InChI=1S/C17H13N3/c1-2-4-15-12(3-1)9-13-10-14(5-6-16(13)15)20-11-17-18-7-8-19-17/h1-8,10-11H,9H2,(H,18,19). The predicted molar refractivity (Wildman–Crippen MR) is 80.5 cm³/mol. The lowest BCUT2D eigenvalue weighted by atomic mass is 10.1. The molecule has 4 rings (SSSR count). The maximum atomic E-state index is 4.47. The number of fused-ring (bicyclic) bond motifs is 3. The molecule has 0 bridgehead atoms. The summed E-state index contributed by atoms with van der Waals surface area (Å²) in [5.74, 6) is 0.772. The second-order valence-corrected chi connectivity index (χ2v) is 4.91. The van der Waals surface area contributed by atoms with Crippen LogP contribution in [0.3, 0.4) is 0 Å². The van der Waals surface area contributed by atoms with E-state index in [-0.39, 0.29) is 0 Å². The average molecular weight is 259 g/mol. The van der Waals surface area contributed by atoms with Crippen LogP contribution >= 0.6 is 0 Å². The van der Waals surface area contributed by atoms with Crippen molar-refractivity contribution in [2.45, 2.75) is 6.42 Å². The molecule has 0 amide bonds. The molecule has 3 heteroatoms. The summed E-state index contributed by atoms with van der Waals surface area (Å²) in [4.78, 5) is 11.6. The van der Waals surface area contributed by atoms with Crippen molar-refractivity contribution in [3.63, 3.8) is 0 Å². The van der Waals surface area contributed by atoms with Gasteiger partial charge in [0.05, 0.1) is 11.9 Å². The molecule has 3 aromatic rings. The van der Waals surface area contributed by atoms with Gasteiger partial charge < -0.3 is 4.98 Å². The second-order valence-electron chi connectivity index (χ2n) is 4.91. The Morgan fingerprint density at radius 1 is 1.05 bits per heavy atom. The van der Waals surface area contributed by atoms with Crippen LogP contribution in [0.1, 0.15) is 17.0 Å². The highest BCUT2D eigenvalue weighted by atomic mass is 14.9. The van der Waals surface area contributed by atoms with Crippen molar-refractivity contribution >= 4 is 11.9 Å². The molecule has 0 aliphatic heterocycles. The van der Waals surface area contributed by atoms with Crippen molar-refractivity contribution in [2.75, 3.05) is 0 Å². The van der Waals surface area contributed by atoms with Crippen LogP contribution < -0.4 is 0 Å². The monoisotopic (exact) mass is 259 g/mol. The highest BCUT2D eigenvalue weighted by molar-refractivity contribution is 5.81. The summed E-state index contributed by atoms with van der Waals surface area (Å²) in [5.41, 5.74) is 6.39. The molecular weight excluding hydrogens is 246 g/mol. The summed E-state index contributed by atoms with van der Waals surface area (Å²) >= 11 is 0. The number of nitrogens with one attached hydrogen (secondary N) is 1. The third kappa shape index (κ3) is 1.84. The lowest BCUT2D eigenvalue weighted by Crippen LogP contribution is -1.83. The Hall–Kier alpha value is -2.68. The predicted octanol–water partition coefficient (Wildman–Crippen LogP) is 3.73. The molecule has 1 aliphatic carbocycles. The van der Waals surface area contributed by atoms with E-state index in [2.05, 4.69) is 57.4 Å². The lowest BCUT2D eigenvalue weighted by Gasteiger charge is -2.01. The van der Waals surface area contributed by atoms with E-state index in [1.807, 2.05) is 0 Å². The van der Waals surface area contributed by atoms with E-state index in [4.69, 9.17) is 0 Å². The van der Waals surface area contributed by atoms with Crippen molar-refractivity contribution in [1.82, 2.24) is 9.97 Å². The zero-order valence-corrected chi connectivity index (χ0v) is 10.9. The fraction of sp³-hybridized carbons (Fsp3) is 0.0588. The molecule has 0 fully saturated rings. The molecular formula is C17H13N3. The van der Waals surface area contributed by atoms with Gasteiger partial charge >= 0.3 is 0 Å². The van der Waals surface area contributed by atoms with Crippen molar-refractivity contribution in [3.8, 4) is 11.1 Å². The van der Waals surface area contributed by atoms with Gasteiger partial charge in [-0.05, 0) is 40.8 Å². The highest BCUT2D eigenvalue weighted by Crippen LogP contribution is 2.37.